The highest BCUT2D eigenvalue weighted by Gasteiger charge is 2.36. The van der Waals surface area contributed by atoms with Crippen molar-refractivity contribution in [3.8, 4) is 5.69 Å². The Labute approximate surface area is 170 Å². The van der Waals surface area contributed by atoms with E-state index < -0.39 is 5.92 Å². The van der Waals surface area contributed by atoms with Crippen LogP contribution >= 0.6 is 0 Å². The summed E-state index contributed by atoms with van der Waals surface area (Å²) >= 11 is 0. The van der Waals surface area contributed by atoms with Gasteiger partial charge < -0.3 is 5.32 Å². The van der Waals surface area contributed by atoms with Gasteiger partial charge in [0.15, 0.2) is 5.78 Å². The quantitative estimate of drug-likeness (QED) is 0.662. The molecule has 5 heteroatoms. The van der Waals surface area contributed by atoms with Gasteiger partial charge in [0.25, 0.3) is 0 Å². The first-order chi connectivity index (χ1) is 13.9. The summed E-state index contributed by atoms with van der Waals surface area (Å²) in [4.78, 5) is 26.0. The van der Waals surface area contributed by atoms with Crippen molar-refractivity contribution >= 4 is 17.5 Å². The summed E-state index contributed by atoms with van der Waals surface area (Å²) in [5.41, 5.74) is 6.29. The zero-order valence-electron chi connectivity index (χ0n) is 17.2. The first-order valence-electron chi connectivity index (χ1n) is 9.99. The predicted molar refractivity (Wildman–Crippen MR) is 114 cm³/mol. The Morgan fingerprint density at radius 2 is 1.97 bits per heavy atom. The van der Waals surface area contributed by atoms with Crippen LogP contribution < -0.4 is 5.32 Å². The lowest BCUT2D eigenvalue weighted by Crippen LogP contribution is -2.28. The lowest BCUT2D eigenvalue weighted by molar-refractivity contribution is -0.116. The number of carbonyl (C=O) groups excluding carboxylic acids is 2. The van der Waals surface area contributed by atoms with Crippen molar-refractivity contribution < 1.29 is 9.59 Å². The molecule has 0 spiro atoms. The third kappa shape index (κ3) is 3.37. The number of nitrogens with zero attached hydrogens (tertiary/aromatic N) is 2. The van der Waals surface area contributed by atoms with Gasteiger partial charge in [0, 0.05) is 17.5 Å². The number of hydrogen-bond acceptors (Lipinski definition) is 3. The molecule has 1 aliphatic heterocycles. The van der Waals surface area contributed by atoms with E-state index in [9.17, 15) is 9.59 Å². The van der Waals surface area contributed by atoms with Gasteiger partial charge in [0.1, 0.15) is 5.82 Å². The van der Waals surface area contributed by atoms with E-state index in [2.05, 4.69) is 29.5 Å². The van der Waals surface area contributed by atoms with Crippen molar-refractivity contribution in [3.63, 3.8) is 0 Å². The molecule has 0 saturated carbocycles. The maximum atomic E-state index is 13.5. The molecule has 4 rings (SSSR count). The monoisotopic (exact) mass is 387 g/mol. The summed E-state index contributed by atoms with van der Waals surface area (Å²) < 4.78 is 1.75. The molecule has 3 aromatic rings. The molecule has 0 fully saturated rings. The maximum Gasteiger partial charge on any atom is 0.226 e. The standard InChI is InChI=1S/C24H25N3O2/c1-5-17-7-6-8-18(12-17)27-24-22(16(4)26-27)20(13-21(28)25-24)23(29)19-11-14(2)9-10-15(19)3/h6-12,20H,5,13H2,1-4H3,(H,25,28)/t20-/m1/s1. The van der Waals surface area contributed by atoms with Crippen molar-refractivity contribution in [2.45, 2.75) is 46.5 Å². The number of anilines is 1. The summed E-state index contributed by atoms with van der Waals surface area (Å²) in [6.07, 6.45) is 1.05. The van der Waals surface area contributed by atoms with Crippen LogP contribution in [0.15, 0.2) is 42.5 Å². The van der Waals surface area contributed by atoms with Gasteiger partial charge in [0.05, 0.1) is 17.3 Å². The lowest BCUT2D eigenvalue weighted by atomic mass is 9.84. The summed E-state index contributed by atoms with van der Waals surface area (Å²) in [5, 5.41) is 7.65. The molecule has 2 heterocycles. The van der Waals surface area contributed by atoms with Crippen LogP contribution in [0.5, 0.6) is 0 Å². The first-order valence-corrected chi connectivity index (χ1v) is 9.99. The number of aryl methyl sites for hydroxylation is 4. The number of benzene rings is 2. The number of carbonyl (C=O) groups is 2. The molecule has 0 saturated heterocycles. The zero-order valence-corrected chi connectivity index (χ0v) is 17.2. The van der Waals surface area contributed by atoms with Crippen molar-refractivity contribution in [1.29, 1.82) is 0 Å². The molecular formula is C24H25N3O2. The summed E-state index contributed by atoms with van der Waals surface area (Å²) in [6.45, 7) is 7.91. The molecule has 1 aliphatic rings. The van der Waals surface area contributed by atoms with Crippen molar-refractivity contribution in [3.05, 3.63) is 76.0 Å². The van der Waals surface area contributed by atoms with E-state index in [1.165, 1.54) is 5.56 Å². The van der Waals surface area contributed by atoms with E-state index in [1.807, 2.05) is 51.1 Å². The maximum absolute atomic E-state index is 13.5. The molecule has 5 nitrogen and oxygen atoms in total. The van der Waals surface area contributed by atoms with Crippen LogP contribution in [-0.4, -0.2) is 21.5 Å². The molecule has 1 amide bonds. The molecule has 148 valence electrons. The van der Waals surface area contributed by atoms with E-state index in [4.69, 9.17) is 0 Å². The number of Topliss-reactive ketones (excluding diaryl/α,β-unsaturated/α-hetero) is 1. The van der Waals surface area contributed by atoms with Gasteiger partial charge in [-0.05, 0) is 56.5 Å². The first kappa shape index (κ1) is 19.1. The Morgan fingerprint density at radius 1 is 1.17 bits per heavy atom. The largest absolute Gasteiger partial charge is 0.310 e. The average Bonchev–Trinajstić information content (AvgIpc) is 3.05. The number of ketones is 1. The summed E-state index contributed by atoms with van der Waals surface area (Å²) in [5.74, 6) is -0.0979. The fourth-order valence-electron chi connectivity index (χ4n) is 4.06. The second kappa shape index (κ2) is 7.32. The number of hydrogen-bond donors (Lipinski definition) is 1. The van der Waals surface area contributed by atoms with E-state index in [1.54, 1.807) is 4.68 Å². The molecular weight excluding hydrogens is 362 g/mol. The molecule has 0 bridgehead atoms. The second-order valence-electron chi connectivity index (χ2n) is 7.77. The van der Waals surface area contributed by atoms with Crippen LogP contribution in [-0.2, 0) is 11.2 Å². The Kier molecular flexibility index (Phi) is 4.82. The molecule has 1 aromatic heterocycles. The van der Waals surface area contributed by atoms with Gasteiger partial charge in [-0.25, -0.2) is 4.68 Å². The number of amides is 1. The normalized spacial score (nSPS) is 15.7. The molecule has 1 N–H and O–H groups in total. The molecule has 2 aromatic carbocycles. The predicted octanol–water partition coefficient (Wildman–Crippen LogP) is 4.67. The Morgan fingerprint density at radius 3 is 2.72 bits per heavy atom. The van der Waals surface area contributed by atoms with Crippen LogP contribution in [0.2, 0.25) is 0 Å². The Balaban J connectivity index is 1.84. The highest BCUT2D eigenvalue weighted by molar-refractivity contribution is 6.08. The smallest absolute Gasteiger partial charge is 0.226 e. The lowest BCUT2D eigenvalue weighted by Gasteiger charge is -2.24. The van der Waals surface area contributed by atoms with Gasteiger partial charge >= 0.3 is 0 Å². The minimum absolute atomic E-state index is 0.0211. The zero-order chi connectivity index (χ0) is 20.7. The highest BCUT2D eigenvalue weighted by Crippen LogP contribution is 2.38. The van der Waals surface area contributed by atoms with Crippen LogP contribution in [0, 0.1) is 20.8 Å². The third-order valence-corrected chi connectivity index (χ3v) is 5.64. The second-order valence-corrected chi connectivity index (χ2v) is 7.77. The Hall–Kier alpha value is -3.21. The van der Waals surface area contributed by atoms with Crippen molar-refractivity contribution in [2.75, 3.05) is 5.32 Å². The van der Waals surface area contributed by atoms with E-state index >= 15 is 0 Å². The molecule has 1 atom stereocenters. The van der Waals surface area contributed by atoms with Gasteiger partial charge in [-0.3, -0.25) is 9.59 Å². The van der Waals surface area contributed by atoms with Gasteiger partial charge in [0.2, 0.25) is 5.91 Å². The number of nitrogens with one attached hydrogen (secondary N) is 1. The molecule has 0 aliphatic carbocycles. The minimum Gasteiger partial charge on any atom is -0.310 e. The number of fused-ring (bicyclic) bond motifs is 1. The Bertz CT molecular complexity index is 1130. The fraction of sp³-hybridized carbons (Fsp3) is 0.292. The van der Waals surface area contributed by atoms with E-state index in [0.29, 0.717) is 11.4 Å². The fourth-order valence-corrected chi connectivity index (χ4v) is 4.06. The van der Waals surface area contributed by atoms with Crippen LogP contribution in [0.4, 0.5) is 5.82 Å². The van der Waals surface area contributed by atoms with E-state index in [-0.39, 0.29) is 18.1 Å². The van der Waals surface area contributed by atoms with Crippen LogP contribution in [0.1, 0.15) is 57.6 Å². The van der Waals surface area contributed by atoms with Gasteiger partial charge in [-0.15, -0.1) is 0 Å². The number of aromatic nitrogens is 2. The number of rotatable bonds is 4. The molecule has 29 heavy (non-hydrogen) atoms. The summed E-state index contributed by atoms with van der Waals surface area (Å²) in [6, 6.07) is 13.9. The average molecular weight is 387 g/mol. The van der Waals surface area contributed by atoms with Crippen molar-refractivity contribution in [2.24, 2.45) is 0 Å². The van der Waals surface area contributed by atoms with Gasteiger partial charge in [-0.1, -0.05) is 36.8 Å². The minimum atomic E-state index is -0.526. The van der Waals surface area contributed by atoms with E-state index in [0.717, 1.165) is 34.5 Å². The van der Waals surface area contributed by atoms with Crippen LogP contribution in [0.3, 0.4) is 0 Å². The van der Waals surface area contributed by atoms with Crippen LogP contribution in [0.25, 0.3) is 5.69 Å². The third-order valence-electron chi connectivity index (χ3n) is 5.64. The van der Waals surface area contributed by atoms with Gasteiger partial charge in [-0.2, -0.15) is 5.10 Å². The highest BCUT2D eigenvalue weighted by atomic mass is 16.2. The topological polar surface area (TPSA) is 64.0 Å². The SMILES string of the molecule is CCc1cccc(-n2nc(C)c3c2NC(=O)C[C@H]3C(=O)c2cc(C)ccc2C)c1. The molecule has 0 unspecified atom stereocenters. The van der Waals surface area contributed by atoms with Crippen molar-refractivity contribution in [1.82, 2.24) is 9.78 Å². The molecule has 0 radical (unpaired) electrons. The summed E-state index contributed by atoms with van der Waals surface area (Å²) in [7, 11) is 0.